The number of carbonyl (C=O) groups is 1. The third kappa shape index (κ3) is 2.08. The molecule has 0 atom stereocenters. The van der Waals surface area contributed by atoms with E-state index in [0.29, 0.717) is 11.5 Å². The molecular weight excluding hydrogens is 168 g/mol. The maximum absolute atomic E-state index is 11.5. The van der Waals surface area contributed by atoms with Gasteiger partial charge in [0, 0.05) is 11.6 Å². The van der Waals surface area contributed by atoms with E-state index < -0.39 is 0 Å². The summed E-state index contributed by atoms with van der Waals surface area (Å²) in [6, 6.07) is 0.115. The maximum atomic E-state index is 11.5. The highest BCUT2D eigenvalue weighted by Crippen LogP contribution is 2.10. The van der Waals surface area contributed by atoms with Crippen LogP contribution in [0, 0.1) is 13.8 Å². The Kier molecular flexibility index (Phi) is 2.70. The molecule has 1 aromatic heterocycles. The molecule has 0 saturated heterocycles. The molecule has 4 nitrogen and oxygen atoms in total. The minimum atomic E-state index is -0.177. The van der Waals surface area contributed by atoms with Gasteiger partial charge in [-0.05, 0) is 27.7 Å². The fraction of sp³-hybridized carbons (Fsp3) is 0.556. The Hall–Kier alpha value is -1.32. The summed E-state index contributed by atoms with van der Waals surface area (Å²) in [5.41, 5.74) is 1.18. The van der Waals surface area contributed by atoms with Gasteiger partial charge in [0.05, 0.1) is 0 Å². The zero-order chi connectivity index (χ0) is 10.0. The molecule has 0 radical (unpaired) electrons. The smallest absolute Gasteiger partial charge is 0.273 e. The lowest BCUT2D eigenvalue weighted by Crippen LogP contribution is -2.30. The molecule has 4 heteroatoms. The second-order valence-corrected chi connectivity index (χ2v) is 3.34. The Bertz CT molecular complexity index is 315. The minimum absolute atomic E-state index is 0.115. The van der Waals surface area contributed by atoms with Gasteiger partial charge in [0.25, 0.3) is 5.91 Å². The number of aromatic nitrogens is 1. The Balaban J connectivity index is 2.83. The first-order chi connectivity index (χ1) is 6.02. The van der Waals surface area contributed by atoms with E-state index in [2.05, 4.69) is 10.5 Å². The predicted molar refractivity (Wildman–Crippen MR) is 48.6 cm³/mol. The number of amides is 1. The van der Waals surface area contributed by atoms with Crippen LogP contribution in [-0.2, 0) is 0 Å². The van der Waals surface area contributed by atoms with Crippen molar-refractivity contribution < 1.29 is 9.32 Å². The molecule has 72 valence electrons. The van der Waals surface area contributed by atoms with Crippen molar-refractivity contribution in [2.24, 2.45) is 0 Å². The highest BCUT2D eigenvalue weighted by atomic mass is 16.5. The molecule has 0 spiro atoms. The lowest BCUT2D eigenvalue weighted by molar-refractivity contribution is 0.0933. The van der Waals surface area contributed by atoms with Gasteiger partial charge in [-0.1, -0.05) is 5.16 Å². The summed E-state index contributed by atoms with van der Waals surface area (Å²) < 4.78 is 4.89. The van der Waals surface area contributed by atoms with E-state index >= 15 is 0 Å². The number of hydrogen-bond donors (Lipinski definition) is 1. The summed E-state index contributed by atoms with van der Waals surface area (Å²) >= 11 is 0. The maximum Gasteiger partial charge on any atom is 0.273 e. The van der Waals surface area contributed by atoms with Crippen molar-refractivity contribution in [1.29, 1.82) is 0 Å². The Morgan fingerprint density at radius 3 is 2.46 bits per heavy atom. The van der Waals surface area contributed by atoms with E-state index in [0.717, 1.165) is 5.56 Å². The van der Waals surface area contributed by atoms with Crippen LogP contribution >= 0.6 is 0 Å². The molecule has 0 fully saturated rings. The fourth-order valence-electron chi connectivity index (χ4n) is 0.960. The van der Waals surface area contributed by atoms with Gasteiger partial charge in [-0.25, -0.2) is 0 Å². The van der Waals surface area contributed by atoms with Gasteiger partial charge in [-0.15, -0.1) is 0 Å². The molecule has 1 N–H and O–H groups in total. The van der Waals surface area contributed by atoms with E-state index in [1.54, 1.807) is 6.92 Å². The number of carbonyl (C=O) groups excluding carboxylic acids is 1. The van der Waals surface area contributed by atoms with Crippen molar-refractivity contribution in [1.82, 2.24) is 10.5 Å². The number of rotatable bonds is 2. The Labute approximate surface area is 77.3 Å². The van der Waals surface area contributed by atoms with Crippen LogP contribution in [0.4, 0.5) is 0 Å². The molecule has 1 amide bonds. The van der Waals surface area contributed by atoms with Crippen molar-refractivity contribution in [3.8, 4) is 0 Å². The van der Waals surface area contributed by atoms with Crippen LogP contribution in [0.3, 0.4) is 0 Å². The van der Waals surface area contributed by atoms with E-state index in [4.69, 9.17) is 4.52 Å². The van der Waals surface area contributed by atoms with Gasteiger partial charge in [0.2, 0.25) is 0 Å². The second kappa shape index (κ2) is 3.60. The highest BCUT2D eigenvalue weighted by Gasteiger charge is 2.16. The zero-order valence-corrected chi connectivity index (χ0v) is 8.34. The lowest BCUT2D eigenvalue weighted by Gasteiger charge is -2.05. The molecule has 0 aliphatic rings. The quantitative estimate of drug-likeness (QED) is 0.752. The van der Waals surface area contributed by atoms with Gasteiger partial charge in [0.1, 0.15) is 5.76 Å². The third-order valence-electron chi connectivity index (χ3n) is 1.79. The number of hydrogen-bond acceptors (Lipinski definition) is 3. The molecule has 1 aromatic rings. The molecule has 0 aromatic carbocycles. The third-order valence-corrected chi connectivity index (χ3v) is 1.79. The molecule has 0 aliphatic heterocycles. The highest BCUT2D eigenvalue weighted by molar-refractivity contribution is 5.93. The van der Waals surface area contributed by atoms with E-state index in [9.17, 15) is 4.79 Å². The Morgan fingerprint density at radius 2 is 2.08 bits per heavy atom. The van der Waals surface area contributed by atoms with Crippen LogP contribution < -0.4 is 5.32 Å². The van der Waals surface area contributed by atoms with Gasteiger partial charge in [-0.3, -0.25) is 4.79 Å². The zero-order valence-electron chi connectivity index (χ0n) is 8.34. The first kappa shape index (κ1) is 9.77. The fourth-order valence-corrected chi connectivity index (χ4v) is 0.960. The molecule has 0 unspecified atom stereocenters. The summed E-state index contributed by atoms with van der Waals surface area (Å²) in [6.45, 7) is 7.41. The minimum Gasteiger partial charge on any atom is -0.361 e. The lowest BCUT2D eigenvalue weighted by atomic mass is 10.2. The van der Waals surface area contributed by atoms with Crippen LogP contribution in [0.15, 0.2) is 4.52 Å². The van der Waals surface area contributed by atoms with Crippen molar-refractivity contribution >= 4 is 5.91 Å². The van der Waals surface area contributed by atoms with Crippen LogP contribution in [0.25, 0.3) is 0 Å². The van der Waals surface area contributed by atoms with Crippen LogP contribution in [0.2, 0.25) is 0 Å². The molecule has 13 heavy (non-hydrogen) atoms. The number of aryl methyl sites for hydroxylation is 1. The van der Waals surface area contributed by atoms with Crippen LogP contribution in [0.1, 0.15) is 35.7 Å². The molecule has 0 aliphatic carbocycles. The van der Waals surface area contributed by atoms with Crippen LogP contribution in [0.5, 0.6) is 0 Å². The molecule has 1 rings (SSSR count). The molecule has 0 saturated carbocycles. The van der Waals surface area contributed by atoms with E-state index in [1.807, 2.05) is 20.8 Å². The number of nitrogens with one attached hydrogen (secondary N) is 1. The first-order valence-electron chi connectivity index (χ1n) is 4.26. The summed E-state index contributed by atoms with van der Waals surface area (Å²) in [4.78, 5) is 11.5. The normalized spacial score (nSPS) is 10.5. The standard InChI is InChI=1S/C9H14N2O2/c1-5(2)10-9(12)8-6(3)7(4)13-11-8/h5H,1-4H3,(H,10,12). The monoisotopic (exact) mass is 182 g/mol. The summed E-state index contributed by atoms with van der Waals surface area (Å²) in [5.74, 6) is 0.512. The van der Waals surface area contributed by atoms with Crippen molar-refractivity contribution in [2.75, 3.05) is 0 Å². The average molecular weight is 182 g/mol. The largest absolute Gasteiger partial charge is 0.361 e. The first-order valence-corrected chi connectivity index (χ1v) is 4.26. The Morgan fingerprint density at radius 1 is 1.46 bits per heavy atom. The van der Waals surface area contributed by atoms with Gasteiger partial charge < -0.3 is 9.84 Å². The van der Waals surface area contributed by atoms with Crippen molar-refractivity contribution in [2.45, 2.75) is 33.7 Å². The van der Waals surface area contributed by atoms with Gasteiger partial charge >= 0.3 is 0 Å². The molecule has 0 bridgehead atoms. The summed E-state index contributed by atoms with van der Waals surface area (Å²) in [5, 5.41) is 6.43. The van der Waals surface area contributed by atoms with E-state index in [-0.39, 0.29) is 11.9 Å². The molecular formula is C9H14N2O2. The molecule has 1 heterocycles. The predicted octanol–water partition coefficient (Wildman–Crippen LogP) is 1.43. The van der Waals surface area contributed by atoms with Gasteiger partial charge in [-0.2, -0.15) is 0 Å². The van der Waals surface area contributed by atoms with Crippen molar-refractivity contribution in [3.63, 3.8) is 0 Å². The van der Waals surface area contributed by atoms with Crippen molar-refractivity contribution in [3.05, 3.63) is 17.0 Å². The topological polar surface area (TPSA) is 55.1 Å². The van der Waals surface area contributed by atoms with E-state index in [1.165, 1.54) is 0 Å². The average Bonchev–Trinajstić information content (AvgIpc) is 2.31. The second-order valence-electron chi connectivity index (χ2n) is 3.34. The van der Waals surface area contributed by atoms with Gasteiger partial charge in [0.15, 0.2) is 5.69 Å². The summed E-state index contributed by atoms with van der Waals surface area (Å²) in [6.07, 6.45) is 0. The summed E-state index contributed by atoms with van der Waals surface area (Å²) in [7, 11) is 0. The SMILES string of the molecule is Cc1onc(C(=O)NC(C)C)c1C. The van der Waals surface area contributed by atoms with Crippen LogP contribution in [-0.4, -0.2) is 17.1 Å². The number of nitrogens with zero attached hydrogens (tertiary/aromatic N) is 1.